The van der Waals surface area contributed by atoms with Gasteiger partial charge in [-0.05, 0) is 69.6 Å². The van der Waals surface area contributed by atoms with Crippen LogP contribution in [0, 0.1) is 5.92 Å². The Morgan fingerprint density at radius 2 is 2.10 bits per heavy atom. The van der Waals surface area contributed by atoms with Crippen molar-refractivity contribution in [3.05, 3.63) is 29.8 Å². The van der Waals surface area contributed by atoms with E-state index in [9.17, 15) is 4.79 Å². The summed E-state index contributed by atoms with van der Waals surface area (Å²) in [6.45, 7) is 4.08. The zero-order valence-corrected chi connectivity index (χ0v) is 12.8. The minimum atomic E-state index is 0.122. The molecule has 0 aliphatic carbocycles. The lowest BCUT2D eigenvalue weighted by Gasteiger charge is -2.29. The summed E-state index contributed by atoms with van der Waals surface area (Å²) < 4.78 is 0. The highest BCUT2D eigenvalue weighted by molar-refractivity contribution is 5.93. The second-order valence-electron chi connectivity index (χ2n) is 6.38. The first-order chi connectivity index (χ1) is 10.2. The topological polar surface area (TPSA) is 44.4 Å². The highest BCUT2D eigenvalue weighted by Crippen LogP contribution is 2.29. The van der Waals surface area contributed by atoms with E-state index in [1.54, 1.807) is 0 Å². The van der Waals surface area contributed by atoms with E-state index in [0.717, 1.165) is 38.3 Å². The van der Waals surface area contributed by atoms with Gasteiger partial charge in [0.15, 0.2) is 0 Å². The number of carbonyl (C=O) groups is 1. The zero-order chi connectivity index (χ0) is 14.7. The molecule has 0 bridgehead atoms. The second kappa shape index (κ2) is 6.58. The molecule has 1 amide bonds. The van der Waals surface area contributed by atoms with Crippen LogP contribution < -0.4 is 10.6 Å². The van der Waals surface area contributed by atoms with Crippen LogP contribution in [0.15, 0.2) is 24.3 Å². The van der Waals surface area contributed by atoms with Crippen molar-refractivity contribution in [3.63, 3.8) is 0 Å². The third-order valence-electron chi connectivity index (χ3n) is 4.78. The molecule has 0 radical (unpaired) electrons. The van der Waals surface area contributed by atoms with Gasteiger partial charge in [-0.15, -0.1) is 0 Å². The van der Waals surface area contributed by atoms with Crippen molar-refractivity contribution in [2.75, 3.05) is 38.5 Å². The number of piperidine rings is 1. The molecule has 0 spiro atoms. The first-order valence-corrected chi connectivity index (χ1v) is 8.02. The number of hydrogen-bond donors (Lipinski definition) is 2. The van der Waals surface area contributed by atoms with E-state index in [-0.39, 0.29) is 11.8 Å². The van der Waals surface area contributed by atoms with Crippen LogP contribution in [0.4, 0.5) is 5.69 Å². The summed E-state index contributed by atoms with van der Waals surface area (Å²) in [5.74, 6) is 0.906. The van der Waals surface area contributed by atoms with Crippen molar-refractivity contribution in [2.24, 2.45) is 5.92 Å². The van der Waals surface area contributed by atoms with Crippen LogP contribution in [0.25, 0.3) is 0 Å². The normalized spacial score (nSPS) is 24.1. The number of carbonyl (C=O) groups excluding carboxylic acids is 1. The molecule has 2 saturated heterocycles. The highest BCUT2D eigenvalue weighted by atomic mass is 16.1. The second-order valence-corrected chi connectivity index (χ2v) is 6.38. The van der Waals surface area contributed by atoms with Crippen LogP contribution >= 0.6 is 0 Å². The lowest BCUT2D eigenvalue weighted by molar-refractivity contribution is -0.119. The van der Waals surface area contributed by atoms with Crippen molar-refractivity contribution in [1.82, 2.24) is 10.2 Å². The number of nitrogens with zero attached hydrogens (tertiary/aromatic N) is 1. The van der Waals surface area contributed by atoms with E-state index in [2.05, 4.69) is 40.8 Å². The molecular weight excluding hydrogens is 262 g/mol. The molecule has 2 fully saturated rings. The molecule has 2 aliphatic heterocycles. The standard InChI is InChI=1S/C17H25N3O/c1-20-9-6-13(7-10-20)14-3-2-4-16(11-14)19-17(21)15-5-8-18-12-15/h2-4,11,13,15,18H,5-10,12H2,1H3,(H,19,21)/t15-/m0/s1. The largest absolute Gasteiger partial charge is 0.326 e. The van der Waals surface area contributed by atoms with Crippen molar-refractivity contribution >= 4 is 11.6 Å². The Labute approximate surface area is 126 Å². The Balaban J connectivity index is 1.64. The predicted octanol–water partition coefficient (Wildman–Crippen LogP) is 2.04. The number of rotatable bonds is 3. The monoisotopic (exact) mass is 287 g/mol. The minimum absolute atomic E-state index is 0.122. The van der Waals surface area contributed by atoms with E-state index in [0.29, 0.717) is 5.92 Å². The summed E-state index contributed by atoms with van der Waals surface area (Å²) >= 11 is 0. The van der Waals surface area contributed by atoms with Crippen LogP contribution in [0.5, 0.6) is 0 Å². The fourth-order valence-electron chi connectivity index (χ4n) is 3.34. The van der Waals surface area contributed by atoms with E-state index in [4.69, 9.17) is 0 Å². The molecule has 2 N–H and O–H groups in total. The third kappa shape index (κ3) is 3.63. The lowest BCUT2D eigenvalue weighted by Crippen LogP contribution is -2.29. The number of nitrogens with one attached hydrogen (secondary N) is 2. The molecule has 4 heteroatoms. The van der Waals surface area contributed by atoms with Crippen molar-refractivity contribution in [1.29, 1.82) is 0 Å². The molecule has 1 atom stereocenters. The average molecular weight is 287 g/mol. The van der Waals surface area contributed by atoms with Crippen LogP contribution in [0.2, 0.25) is 0 Å². The summed E-state index contributed by atoms with van der Waals surface area (Å²) in [5.41, 5.74) is 2.31. The molecule has 0 saturated carbocycles. The van der Waals surface area contributed by atoms with Gasteiger partial charge in [-0.3, -0.25) is 4.79 Å². The fraction of sp³-hybridized carbons (Fsp3) is 0.588. The van der Waals surface area contributed by atoms with Crippen LogP contribution in [-0.4, -0.2) is 44.0 Å². The molecule has 0 unspecified atom stereocenters. The number of benzene rings is 1. The maximum atomic E-state index is 12.2. The maximum absolute atomic E-state index is 12.2. The van der Waals surface area contributed by atoms with Gasteiger partial charge in [-0.25, -0.2) is 0 Å². The number of anilines is 1. The van der Waals surface area contributed by atoms with Gasteiger partial charge in [0.25, 0.3) is 0 Å². The lowest BCUT2D eigenvalue weighted by atomic mass is 9.89. The van der Waals surface area contributed by atoms with E-state index >= 15 is 0 Å². The molecule has 0 aromatic heterocycles. The van der Waals surface area contributed by atoms with Gasteiger partial charge < -0.3 is 15.5 Å². The molecule has 1 aromatic rings. The smallest absolute Gasteiger partial charge is 0.228 e. The average Bonchev–Trinajstić information content (AvgIpc) is 3.02. The molecule has 114 valence electrons. The quantitative estimate of drug-likeness (QED) is 0.894. The van der Waals surface area contributed by atoms with Crippen LogP contribution in [0.3, 0.4) is 0 Å². The van der Waals surface area contributed by atoms with Gasteiger partial charge >= 0.3 is 0 Å². The molecule has 2 aliphatic rings. The summed E-state index contributed by atoms with van der Waals surface area (Å²) in [5, 5.41) is 6.32. The Morgan fingerprint density at radius 3 is 2.81 bits per heavy atom. The van der Waals surface area contributed by atoms with Gasteiger partial charge in [0.05, 0.1) is 5.92 Å². The van der Waals surface area contributed by atoms with Gasteiger partial charge in [0.1, 0.15) is 0 Å². The predicted molar refractivity (Wildman–Crippen MR) is 85.5 cm³/mol. The summed E-state index contributed by atoms with van der Waals surface area (Å²) in [6, 6.07) is 8.42. The zero-order valence-electron chi connectivity index (χ0n) is 12.8. The molecule has 2 heterocycles. The SMILES string of the molecule is CN1CCC(c2cccc(NC(=O)[C@H]3CCNC3)c2)CC1. The number of likely N-dealkylation sites (tertiary alicyclic amines) is 1. The van der Waals surface area contributed by atoms with Gasteiger partial charge in [0, 0.05) is 12.2 Å². The summed E-state index contributed by atoms with van der Waals surface area (Å²) in [4.78, 5) is 14.6. The molecule has 1 aromatic carbocycles. The number of amides is 1. The Kier molecular flexibility index (Phi) is 4.56. The highest BCUT2D eigenvalue weighted by Gasteiger charge is 2.23. The molecule has 21 heavy (non-hydrogen) atoms. The third-order valence-corrected chi connectivity index (χ3v) is 4.78. The number of hydrogen-bond acceptors (Lipinski definition) is 3. The van der Waals surface area contributed by atoms with Crippen LogP contribution in [-0.2, 0) is 4.79 Å². The Hall–Kier alpha value is -1.39. The van der Waals surface area contributed by atoms with Gasteiger partial charge in [-0.1, -0.05) is 12.1 Å². The van der Waals surface area contributed by atoms with E-state index in [1.807, 2.05) is 6.07 Å². The molecule has 3 rings (SSSR count). The van der Waals surface area contributed by atoms with E-state index < -0.39 is 0 Å². The van der Waals surface area contributed by atoms with Crippen molar-refractivity contribution < 1.29 is 4.79 Å². The fourth-order valence-corrected chi connectivity index (χ4v) is 3.34. The maximum Gasteiger partial charge on any atom is 0.228 e. The minimum Gasteiger partial charge on any atom is -0.326 e. The molecule has 4 nitrogen and oxygen atoms in total. The Bertz CT molecular complexity index is 489. The van der Waals surface area contributed by atoms with Crippen molar-refractivity contribution in [3.8, 4) is 0 Å². The van der Waals surface area contributed by atoms with Gasteiger partial charge in [0.2, 0.25) is 5.91 Å². The van der Waals surface area contributed by atoms with E-state index in [1.165, 1.54) is 18.4 Å². The van der Waals surface area contributed by atoms with Gasteiger partial charge in [-0.2, -0.15) is 0 Å². The summed E-state index contributed by atoms with van der Waals surface area (Å²) in [7, 11) is 2.18. The Morgan fingerprint density at radius 1 is 1.29 bits per heavy atom. The van der Waals surface area contributed by atoms with Crippen molar-refractivity contribution in [2.45, 2.75) is 25.2 Å². The first-order valence-electron chi connectivity index (χ1n) is 8.02. The first kappa shape index (κ1) is 14.5. The van der Waals surface area contributed by atoms with Crippen LogP contribution in [0.1, 0.15) is 30.7 Å². The summed E-state index contributed by atoms with van der Waals surface area (Å²) in [6.07, 6.45) is 3.36. The molecular formula is C17H25N3O.